The number of benzene rings is 2. The van der Waals surface area contributed by atoms with Gasteiger partial charge in [-0.2, -0.15) is 0 Å². The molecule has 0 aliphatic rings. The SMILES string of the molecule is CC(C)(C)c1ccc(NC(=O)c2cnc(Nc3cccc(F)c3)nc2)cc1. The summed E-state index contributed by atoms with van der Waals surface area (Å²) in [5.74, 6) is -0.365. The van der Waals surface area contributed by atoms with Gasteiger partial charge in [-0.1, -0.05) is 39.0 Å². The predicted molar refractivity (Wildman–Crippen MR) is 105 cm³/mol. The van der Waals surface area contributed by atoms with E-state index >= 15 is 0 Å². The quantitative estimate of drug-likeness (QED) is 0.690. The highest BCUT2D eigenvalue weighted by Gasteiger charge is 2.14. The van der Waals surface area contributed by atoms with Crippen LogP contribution in [0.15, 0.2) is 60.9 Å². The van der Waals surface area contributed by atoms with Crippen LogP contribution in [0.2, 0.25) is 0 Å². The highest BCUT2D eigenvalue weighted by molar-refractivity contribution is 6.03. The standard InChI is InChI=1S/C21H21FN4O/c1-21(2,3)15-7-9-17(10-8-15)25-19(27)14-12-23-20(24-13-14)26-18-6-4-5-16(22)11-18/h4-13H,1-3H3,(H,25,27)(H,23,24,26). The van der Waals surface area contributed by atoms with Crippen LogP contribution in [0.25, 0.3) is 0 Å². The summed E-state index contributed by atoms with van der Waals surface area (Å²) in [6.07, 6.45) is 2.85. The van der Waals surface area contributed by atoms with E-state index in [9.17, 15) is 9.18 Å². The minimum atomic E-state index is -0.353. The van der Waals surface area contributed by atoms with Gasteiger partial charge in [-0.05, 0) is 41.3 Å². The van der Waals surface area contributed by atoms with Crippen LogP contribution < -0.4 is 10.6 Å². The lowest BCUT2D eigenvalue weighted by Gasteiger charge is -2.19. The van der Waals surface area contributed by atoms with Crippen LogP contribution in [0.1, 0.15) is 36.7 Å². The molecule has 0 unspecified atom stereocenters. The molecule has 2 N–H and O–H groups in total. The number of hydrogen-bond acceptors (Lipinski definition) is 4. The first-order valence-corrected chi connectivity index (χ1v) is 8.58. The Morgan fingerprint density at radius 3 is 2.22 bits per heavy atom. The molecule has 0 radical (unpaired) electrons. The number of aromatic nitrogens is 2. The van der Waals surface area contributed by atoms with Gasteiger partial charge in [-0.3, -0.25) is 4.79 Å². The third-order valence-corrected chi connectivity index (χ3v) is 4.00. The van der Waals surface area contributed by atoms with Crippen LogP contribution in [0.3, 0.4) is 0 Å². The van der Waals surface area contributed by atoms with Crippen LogP contribution in [0, 0.1) is 5.82 Å². The molecule has 0 aliphatic carbocycles. The van der Waals surface area contributed by atoms with Crippen molar-refractivity contribution in [2.75, 3.05) is 10.6 Å². The normalized spacial score (nSPS) is 11.1. The molecule has 0 aliphatic heterocycles. The minimum Gasteiger partial charge on any atom is -0.324 e. The van der Waals surface area contributed by atoms with Crippen molar-refractivity contribution >= 4 is 23.2 Å². The van der Waals surface area contributed by atoms with Crippen molar-refractivity contribution in [1.29, 1.82) is 0 Å². The van der Waals surface area contributed by atoms with Crippen molar-refractivity contribution in [3.63, 3.8) is 0 Å². The van der Waals surface area contributed by atoms with Crippen LogP contribution >= 0.6 is 0 Å². The molecule has 1 aromatic heterocycles. The van der Waals surface area contributed by atoms with Crippen LogP contribution in [0.4, 0.5) is 21.7 Å². The number of carbonyl (C=O) groups excluding carboxylic acids is 1. The van der Waals surface area contributed by atoms with Gasteiger partial charge in [-0.15, -0.1) is 0 Å². The van der Waals surface area contributed by atoms with E-state index in [0.29, 0.717) is 16.9 Å². The van der Waals surface area contributed by atoms with E-state index in [4.69, 9.17) is 0 Å². The van der Waals surface area contributed by atoms with Crippen molar-refractivity contribution in [2.45, 2.75) is 26.2 Å². The number of halogens is 1. The van der Waals surface area contributed by atoms with E-state index in [1.807, 2.05) is 24.3 Å². The highest BCUT2D eigenvalue weighted by atomic mass is 19.1. The summed E-state index contributed by atoms with van der Waals surface area (Å²) < 4.78 is 13.2. The summed E-state index contributed by atoms with van der Waals surface area (Å²) in [4.78, 5) is 20.6. The summed E-state index contributed by atoms with van der Waals surface area (Å²) in [6, 6.07) is 13.7. The fourth-order valence-electron chi connectivity index (χ4n) is 2.46. The molecule has 2 aromatic carbocycles. The Balaban J connectivity index is 1.65. The molecule has 0 bridgehead atoms. The summed E-state index contributed by atoms with van der Waals surface area (Å²) in [5, 5.41) is 5.71. The Morgan fingerprint density at radius 2 is 1.63 bits per heavy atom. The highest BCUT2D eigenvalue weighted by Crippen LogP contribution is 2.23. The summed E-state index contributed by atoms with van der Waals surface area (Å²) >= 11 is 0. The zero-order chi connectivity index (χ0) is 19.4. The summed E-state index contributed by atoms with van der Waals surface area (Å²) in [6.45, 7) is 6.41. The van der Waals surface area contributed by atoms with Gasteiger partial charge in [0.25, 0.3) is 5.91 Å². The molecule has 0 atom stereocenters. The fourth-order valence-corrected chi connectivity index (χ4v) is 2.46. The second-order valence-electron chi connectivity index (χ2n) is 7.21. The molecule has 27 heavy (non-hydrogen) atoms. The molecule has 138 valence electrons. The topological polar surface area (TPSA) is 66.9 Å². The van der Waals surface area contributed by atoms with Gasteiger partial charge in [0.1, 0.15) is 5.82 Å². The summed E-state index contributed by atoms with van der Waals surface area (Å²) in [7, 11) is 0. The Morgan fingerprint density at radius 1 is 0.963 bits per heavy atom. The third-order valence-electron chi connectivity index (χ3n) is 4.00. The average Bonchev–Trinajstić information content (AvgIpc) is 2.62. The number of hydrogen-bond donors (Lipinski definition) is 2. The monoisotopic (exact) mass is 364 g/mol. The molecule has 0 saturated carbocycles. The van der Waals surface area contributed by atoms with Crippen LogP contribution in [-0.4, -0.2) is 15.9 Å². The lowest BCUT2D eigenvalue weighted by Crippen LogP contribution is -2.14. The number of amides is 1. The number of nitrogens with zero attached hydrogens (tertiary/aromatic N) is 2. The van der Waals surface area contributed by atoms with Gasteiger partial charge in [0, 0.05) is 23.8 Å². The maximum absolute atomic E-state index is 13.2. The fraction of sp³-hybridized carbons (Fsp3) is 0.190. The number of carbonyl (C=O) groups is 1. The van der Waals surface area contributed by atoms with Crippen molar-refractivity contribution in [3.05, 3.63) is 77.9 Å². The Kier molecular flexibility index (Phi) is 5.16. The average molecular weight is 364 g/mol. The van der Waals surface area contributed by atoms with Gasteiger partial charge in [0.15, 0.2) is 0 Å². The first-order valence-electron chi connectivity index (χ1n) is 8.58. The van der Waals surface area contributed by atoms with Crippen molar-refractivity contribution in [1.82, 2.24) is 9.97 Å². The van der Waals surface area contributed by atoms with Gasteiger partial charge in [-0.25, -0.2) is 14.4 Å². The van der Waals surface area contributed by atoms with E-state index in [1.54, 1.807) is 12.1 Å². The minimum absolute atomic E-state index is 0.0564. The van der Waals surface area contributed by atoms with Crippen LogP contribution in [-0.2, 0) is 5.41 Å². The van der Waals surface area contributed by atoms with E-state index in [0.717, 1.165) is 0 Å². The maximum Gasteiger partial charge on any atom is 0.258 e. The molecular formula is C21H21FN4O. The Bertz CT molecular complexity index is 932. The number of rotatable bonds is 4. The first-order chi connectivity index (χ1) is 12.8. The predicted octanol–water partition coefficient (Wildman–Crippen LogP) is 4.91. The van der Waals surface area contributed by atoms with E-state index in [-0.39, 0.29) is 23.1 Å². The maximum atomic E-state index is 13.2. The van der Waals surface area contributed by atoms with Gasteiger partial charge in [0.2, 0.25) is 5.95 Å². The van der Waals surface area contributed by atoms with Gasteiger partial charge < -0.3 is 10.6 Å². The zero-order valence-electron chi connectivity index (χ0n) is 15.5. The largest absolute Gasteiger partial charge is 0.324 e. The molecule has 0 fully saturated rings. The Labute approximate surface area is 157 Å². The van der Waals surface area contributed by atoms with Crippen LogP contribution in [0.5, 0.6) is 0 Å². The van der Waals surface area contributed by atoms with Crippen molar-refractivity contribution in [3.8, 4) is 0 Å². The molecule has 1 amide bonds. The van der Waals surface area contributed by atoms with E-state index in [2.05, 4.69) is 41.4 Å². The smallest absolute Gasteiger partial charge is 0.258 e. The van der Waals surface area contributed by atoms with Crippen molar-refractivity contribution < 1.29 is 9.18 Å². The molecule has 0 spiro atoms. The Hall–Kier alpha value is -3.28. The molecule has 5 nitrogen and oxygen atoms in total. The number of nitrogens with one attached hydrogen (secondary N) is 2. The molecular weight excluding hydrogens is 343 g/mol. The molecule has 3 aromatic rings. The zero-order valence-corrected chi connectivity index (χ0v) is 15.5. The third kappa shape index (κ3) is 4.88. The molecule has 0 saturated heterocycles. The molecule has 1 heterocycles. The lowest BCUT2D eigenvalue weighted by atomic mass is 9.87. The van der Waals surface area contributed by atoms with Crippen molar-refractivity contribution in [2.24, 2.45) is 0 Å². The second kappa shape index (κ2) is 7.53. The van der Waals surface area contributed by atoms with E-state index in [1.165, 1.54) is 30.1 Å². The molecule has 3 rings (SSSR count). The summed E-state index contributed by atoms with van der Waals surface area (Å²) in [5.41, 5.74) is 2.82. The first kappa shape index (κ1) is 18.5. The van der Waals surface area contributed by atoms with Gasteiger partial charge in [0.05, 0.1) is 5.56 Å². The van der Waals surface area contributed by atoms with Gasteiger partial charge >= 0.3 is 0 Å². The van der Waals surface area contributed by atoms with E-state index < -0.39 is 0 Å². The lowest BCUT2D eigenvalue weighted by molar-refractivity contribution is 0.102. The second-order valence-corrected chi connectivity index (χ2v) is 7.21. The number of anilines is 3. The molecule has 6 heteroatoms.